The van der Waals surface area contributed by atoms with E-state index in [2.05, 4.69) is 11.1 Å². The minimum Gasteiger partial charge on any atom is -0.304 e. The summed E-state index contributed by atoms with van der Waals surface area (Å²) in [5.41, 5.74) is 3.10. The average molecular weight is 345 g/mol. The van der Waals surface area contributed by atoms with Crippen LogP contribution >= 0.6 is 11.8 Å². The van der Waals surface area contributed by atoms with Gasteiger partial charge in [0.15, 0.2) is 0 Å². The fraction of sp³-hybridized carbons (Fsp3) is 0.150. The van der Waals surface area contributed by atoms with Crippen LogP contribution in [0, 0.1) is 11.3 Å². The molecule has 0 spiro atoms. The van der Waals surface area contributed by atoms with Gasteiger partial charge in [-0.1, -0.05) is 24.3 Å². The van der Waals surface area contributed by atoms with Crippen molar-refractivity contribution >= 4 is 34.3 Å². The van der Waals surface area contributed by atoms with Crippen LogP contribution in [-0.4, -0.2) is 16.1 Å². The Bertz CT molecular complexity index is 1020. The number of nitrogens with zero attached hydrogens (tertiary/aromatic N) is 3. The molecule has 1 aliphatic heterocycles. The lowest BCUT2D eigenvalue weighted by Crippen LogP contribution is -2.39. The summed E-state index contributed by atoms with van der Waals surface area (Å²) in [6.07, 6.45) is 0. The molecule has 0 radical (unpaired) electrons. The number of carbonyl (C=O) groups excluding carboxylic acids is 1. The van der Waals surface area contributed by atoms with E-state index in [1.54, 1.807) is 17.0 Å². The van der Waals surface area contributed by atoms with Gasteiger partial charge in [-0.05, 0) is 37.3 Å². The summed E-state index contributed by atoms with van der Waals surface area (Å²) in [7, 11) is 0. The summed E-state index contributed by atoms with van der Waals surface area (Å²) in [4.78, 5) is 20.2. The molecule has 0 saturated carbocycles. The van der Waals surface area contributed by atoms with Crippen LogP contribution < -0.4 is 4.90 Å². The normalized spacial score (nSPS) is 16.6. The molecule has 25 heavy (non-hydrogen) atoms. The standard InChI is InChI=1S/C20H15N3OS/c1-13-20(24)23(18-10-14(11-21)6-9-19(18)25-13)12-16-8-7-15-4-2-3-5-17(15)22-16/h2-10,13H,12H2,1H3. The van der Waals surface area contributed by atoms with Crippen LogP contribution in [0.15, 0.2) is 59.5 Å². The summed E-state index contributed by atoms with van der Waals surface area (Å²) in [6.45, 7) is 2.31. The monoisotopic (exact) mass is 345 g/mol. The number of anilines is 1. The van der Waals surface area contributed by atoms with E-state index in [-0.39, 0.29) is 11.2 Å². The molecule has 0 N–H and O–H groups in total. The molecule has 122 valence electrons. The number of fused-ring (bicyclic) bond motifs is 2. The van der Waals surface area contributed by atoms with Crippen LogP contribution in [0.1, 0.15) is 18.2 Å². The molecule has 0 aliphatic carbocycles. The first-order valence-corrected chi connectivity index (χ1v) is 8.90. The molecular weight excluding hydrogens is 330 g/mol. The zero-order valence-corrected chi connectivity index (χ0v) is 14.5. The van der Waals surface area contributed by atoms with Crippen LogP contribution in [0.4, 0.5) is 5.69 Å². The zero-order chi connectivity index (χ0) is 17.4. The minimum absolute atomic E-state index is 0.0440. The van der Waals surface area contributed by atoms with E-state index in [4.69, 9.17) is 0 Å². The second kappa shape index (κ2) is 6.23. The third kappa shape index (κ3) is 2.86. The van der Waals surface area contributed by atoms with Crippen molar-refractivity contribution in [3.63, 3.8) is 0 Å². The Kier molecular flexibility index (Phi) is 3.90. The van der Waals surface area contributed by atoms with Crippen molar-refractivity contribution in [3.05, 3.63) is 65.9 Å². The number of para-hydroxylation sites is 1. The Morgan fingerprint density at radius 3 is 2.88 bits per heavy atom. The molecule has 3 aromatic rings. The second-order valence-corrected chi connectivity index (χ2v) is 7.36. The number of pyridine rings is 1. The Labute approximate surface area is 150 Å². The quantitative estimate of drug-likeness (QED) is 0.700. The summed E-state index contributed by atoms with van der Waals surface area (Å²) < 4.78 is 0. The molecular formula is C20H15N3OS. The van der Waals surface area contributed by atoms with Gasteiger partial charge in [0.25, 0.3) is 0 Å². The van der Waals surface area contributed by atoms with Gasteiger partial charge < -0.3 is 4.90 Å². The maximum Gasteiger partial charge on any atom is 0.240 e. The fourth-order valence-corrected chi connectivity index (χ4v) is 4.04. The number of benzene rings is 2. The second-order valence-electron chi connectivity index (χ2n) is 5.97. The molecule has 4 rings (SSSR count). The van der Waals surface area contributed by atoms with Gasteiger partial charge in [-0.3, -0.25) is 9.78 Å². The van der Waals surface area contributed by atoms with Gasteiger partial charge >= 0.3 is 0 Å². The highest BCUT2D eigenvalue weighted by molar-refractivity contribution is 8.00. The first-order chi connectivity index (χ1) is 12.2. The summed E-state index contributed by atoms with van der Waals surface area (Å²) in [5, 5.41) is 10.1. The number of nitriles is 1. The van der Waals surface area contributed by atoms with Gasteiger partial charge in [-0.25, -0.2) is 0 Å². The van der Waals surface area contributed by atoms with E-state index >= 15 is 0 Å². The molecule has 5 heteroatoms. The Morgan fingerprint density at radius 2 is 2.04 bits per heavy atom. The maximum absolute atomic E-state index is 12.8. The molecule has 0 bridgehead atoms. The molecule has 1 atom stereocenters. The van der Waals surface area contributed by atoms with E-state index in [1.807, 2.05) is 49.4 Å². The predicted octanol–water partition coefficient (Wildman–Crippen LogP) is 4.13. The lowest BCUT2D eigenvalue weighted by Gasteiger charge is -2.32. The molecule has 1 unspecified atom stereocenters. The SMILES string of the molecule is CC1Sc2ccc(C#N)cc2N(Cc2ccc3ccccc3n2)C1=O. The van der Waals surface area contributed by atoms with Gasteiger partial charge in [0.05, 0.1) is 40.3 Å². The van der Waals surface area contributed by atoms with Crippen LogP contribution in [0.3, 0.4) is 0 Å². The highest BCUT2D eigenvalue weighted by Gasteiger charge is 2.31. The number of carbonyl (C=O) groups is 1. The van der Waals surface area contributed by atoms with Crippen LogP contribution in [0.25, 0.3) is 10.9 Å². The van der Waals surface area contributed by atoms with E-state index in [9.17, 15) is 10.1 Å². The molecule has 0 saturated heterocycles. The smallest absolute Gasteiger partial charge is 0.240 e. The van der Waals surface area contributed by atoms with Gasteiger partial charge in [-0.15, -0.1) is 11.8 Å². The van der Waals surface area contributed by atoms with E-state index in [0.29, 0.717) is 12.1 Å². The van der Waals surface area contributed by atoms with Crippen molar-refractivity contribution < 1.29 is 4.79 Å². The average Bonchev–Trinajstić information content (AvgIpc) is 2.65. The van der Waals surface area contributed by atoms with Crippen molar-refractivity contribution in [2.45, 2.75) is 23.6 Å². The van der Waals surface area contributed by atoms with E-state index in [0.717, 1.165) is 27.2 Å². The van der Waals surface area contributed by atoms with Gasteiger partial charge in [0, 0.05) is 10.3 Å². The van der Waals surface area contributed by atoms with Crippen molar-refractivity contribution in [3.8, 4) is 6.07 Å². The number of thioether (sulfide) groups is 1. The first kappa shape index (κ1) is 15.7. The van der Waals surface area contributed by atoms with Gasteiger partial charge in [0.1, 0.15) is 0 Å². The number of rotatable bonds is 2. The lowest BCUT2D eigenvalue weighted by atomic mass is 10.1. The number of amides is 1. The summed E-state index contributed by atoms with van der Waals surface area (Å²) >= 11 is 1.53. The highest BCUT2D eigenvalue weighted by atomic mass is 32.2. The van der Waals surface area contributed by atoms with Crippen molar-refractivity contribution in [1.29, 1.82) is 5.26 Å². The fourth-order valence-electron chi connectivity index (χ4n) is 3.00. The van der Waals surface area contributed by atoms with Crippen molar-refractivity contribution in [2.75, 3.05) is 4.90 Å². The Hall–Kier alpha value is -2.84. The van der Waals surface area contributed by atoms with Gasteiger partial charge in [-0.2, -0.15) is 5.26 Å². The van der Waals surface area contributed by atoms with Crippen LogP contribution in [-0.2, 0) is 11.3 Å². The minimum atomic E-state index is -0.152. The summed E-state index contributed by atoms with van der Waals surface area (Å²) in [5.74, 6) is 0.0440. The molecule has 1 amide bonds. The van der Waals surface area contributed by atoms with Gasteiger partial charge in [0.2, 0.25) is 5.91 Å². The molecule has 4 nitrogen and oxygen atoms in total. The third-order valence-electron chi connectivity index (χ3n) is 4.27. The largest absolute Gasteiger partial charge is 0.304 e. The third-order valence-corrected chi connectivity index (χ3v) is 5.43. The first-order valence-electron chi connectivity index (χ1n) is 8.02. The molecule has 1 aliphatic rings. The Balaban J connectivity index is 1.75. The van der Waals surface area contributed by atoms with E-state index in [1.165, 1.54) is 11.8 Å². The zero-order valence-electron chi connectivity index (χ0n) is 13.6. The molecule has 2 heterocycles. The molecule has 2 aromatic carbocycles. The number of hydrogen-bond donors (Lipinski definition) is 0. The lowest BCUT2D eigenvalue weighted by molar-refractivity contribution is -0.118. The van der Waals surface area contributed by atoms with Crippen molar-refractivity contribution in [2.24, 2.45) is 0 Å². The Morgan fingerprint density at radius 1 is 1.20 bits per heavy atom. The molecule has 1 aromatic heterocycles. The maximum atomic E-state index is 12.8. The van der Waals surface area contributed by atoms with Crippen LogP contribution in [0.2, 0.25) is 0 Å². The summed E-state index contributed by atoms with van der Waals surface area (Å²) in [6, 6.07) is 19.6. The number of hydrogen-bond acceptors (Lipinski definition) is 4. The highest BCUT2D eigenvalue weighted by Crippen LogP contribution is 2.40. The van der Waals surface area contributed by atoms with Crippen LogP contribution in [0.5, 0.6) is 0 Å². The topological polar surface area (TPSA) is 57.0 Å². The number of aromatic nitrogens is 1. The predicted molar refractivity (Wildman–Crippen MR) is 99.4 cm³/mol. The van der Waals surface area contributed by atoms with Crippen molar-refractivity contribution in [1.82, 2.24) is 4.98 Å². The van der Waals surface area contributed by atoms with E-state index < -0.39 is 0 Å². The molecule has 0 fully saturated rings.